The molecule has 0 aliphatic rings. The second-order valence-electron chi connectivity index (χ2n) is 4.65. The van der Waals surface area contributed by atoms with E-state index in [9.17, 15) is 27.6 Å². The lowest BCUT2D eigenvalue weighted by Gasteiger charge is -2.14. The summed E-state index contributed by atoms with van der Waals surface area (Å²) in [4.78, 5) is 35.8. The molecular formula is C14H10BrF3N2O3. The molecule has 5 nitrogen and oxygen atoms in total. The Morgan fingerprint density at radius 3 is 2.43 bits per heavy atom. The molecule has 23 heavy (non-hydrogen) atoms. The SMILES string of the molecule is Cn1c(C(F)(F)F)cc(=O)n(-c2cccc(C(=O)CBr)c2)c1=O. The largest absolute Gasteiger partial charge is 0.431 e. The number of carbonyl (C=O) groups excluding carboxylic acids is 1. The molecule has 122 valence electrons. The van der Waals surface area contributed by atoms with Gasteiger partial charge in [0.25, 0.3) is 5.56 Å². The zero-order chi connectivity index (χ0) is 17.4. The van der Waals surface area contributed by atoms with Crippen molar-refractivity contribution in [2.24, 2.45) is 7.05 Å². The van der Waals surface area contributed by atoms with Gasteiger partial charge in [0.15, 0.2) is 5.78 Å². The van der Waals surface area contributed by atoms with Crippen LogP contribution in [0.5, 0.6) is 0 Å². The molecule has 1 aromatic carbocycles. The Morgan fingerprint density at radius 1 is 1.22 bits per heavy atom. The highest BCUT2D eigenvalue weighted by Crippen LogP contribution is 2.26. The van der Waals surface area contributed by atoms with Crippen LogP contribution >= 0.6 is 15.9 Å². The van der Waals surface area contributed by atoms with Gasteiger partial charge in [0.05, 0.1) is 11.0 Å². The quantitative estimate of drug-likeness (QED) is 0.595. The summed E-state index contributed by atoms with van der Waals surface area (Å²) < 4.78 is 39.3. The summed E-state index contributed by atoms with van der Waals surface area (Å²) in [5.74, 6) is -0.288. The molecule has 0 radical (unpaired) electrons. The summed E-state index contributed by atoms with van der Waals surface area (Å²) in [5.41, 5.74) is -3.35. The van der Waals surface area contributed by atoms with Crippen LogP contribution in [-0.2, 0) is 13.2 Å². The first-order valence-electron chi connectivity index (χ1n) is 6.26. The van der Waals surface area contributed by atoms with E-state index in [0.717, 1.165) is 7.05 Å². The second-order valence-corrected chi connectivity index (χ2v) is 5.21. The minimum absolute atomic E-state index is 0.0242. The van der Waals surface area contributed by atoms with E-state index < -0.39 is 23.1 Å². The molecule has 0 saturated carbocycles. The lowest BCUT2D eigenvalue weighted by atomic mass is 10.1. The average Bonchev–Trinajstić information content (AvgIpc) is 2.49. The third-order valence-electron chi connectivity index (χ3n) is 3.16. The fourth-order valence-corrected chi connectivity index (χ4v) is 2.35. The van der Waals surface area contributed by atoms with Gasteiger partial charge >= 0.3 is 11.9 Å². The number of carbonyl (C=O) groups is 1. The van der Waals surface area contributed by atoms with Crippen molar-refractivity contribution in [3.63, 3.8) is 0 Å². The molecule has 2 rings (SSSR count). The van der Waals surface area contributed by atoms with Crippen LogP contribution in [0.1, 0.15) is 16.1 Å². The van der Waals surface area contributed by atoms with Crippen LogP contribution in [-0.4, -0.2) is 20.2 Å². The summed E-state index contributed by atoms with van der Waals surface area (Å²) in [5, 5.41) is 0.0381. The maximum Gasteiger partial charge on any atom is 0.431 e. The van der Waals surface area contributed by atoms with Crippen LogP contribution in [0.4, 0.5) is 13.2 Å². The monoisotopic (exact) mass is 390 g/mol. The van der Waals surface area contributed by atoms with Crippen LogP contribution in [0.15, 0.2) is 39.9 Å². The predicted molar refractivity (Wildman–Crippen MR) is 80.4 cm³/mol. The zero-order valence-electron chi connectivity index (χ0n) is 11.7. The van der Waals surface area contributed by atoms with Gasteiger partial charge in [-0.15, -0.1) is 0 Å². The van der Waals surface area contributed by atoms with Crippen molar-refractivity contribution in [1.29, 1.82) is 0 Å². The van der Waals surface area contributed by atoms with Gasteiger partial charge in [0, 0.05) is 18.7 Å². The number of halogens is 4. The Hall–Kier alpha value is -2.16. The van der Waals surface area contributed by atoms with E-state index in [1.807, 2.05) is 0 Å². The van der Waals surface area contributed by atoms with Crippen molar-refractivity contribution < 1.29 is 18.0 Å². The second kappa shape index (κ2) is 6.15. The predicted octanol–water partition coefficient (Wildman–Crippen LogP) is 2.13. The Balaban J connectivity index is 2.72. The highest BCUT2D eigenvalue weighted by atomic mass is 79.9. The van der Waals surface area contributed by atoms with Gasteiger partial charge in [0.2, 0.25) is 0 Å². The molecule has 0 aliphatic carbocycles. The maximum absolute atomic E-state index is 12.8. The van der Waals surface area contributed by atoms with E-state index in [2.05, 4.69) is 15.9 Å². The van der Waals surface area contributed by atoms with Crippen LogP contribution in [0.25, 0.3) is 5.69 Å². The molecule has 0 aliphatic heterocycles. The van der Waals surface area contributed by atoms with Crippen molar-refractivity contribution in [1.82, 2.24) is 9.13 Å². The molecule has 0 atom stereocenters. The third-order valence-corrected chi connectivity index (χ3v) is 3.67. The lowest BCUT2D eigenvalue weighted by molar-refractivity contribution is -0.144. The van der Waals surface area contributed by atoms with E-state index in [1.54, 1.807) is 0 Å². The smallest absolute Gasteiger partial charge is 0.293 e. The van der Waals surface area contributed by atoms with Crippen LogP contribution < -0.4 is 11.2 Å². The summed E-state index contributed by atoms with van der Waals surface area (Å²) in [6.07, 6.45) is -4.82. The fourth-order valence-electron chi connectivity index (χ4n) is 2.03. The molecule has 0 fully saturated rings. The number of Topliss-reactive ketones (excluding diaryl/α,β-unsaturated/α-hetero) is 1. The van der Waals surface area contributed by atoms with Crippen molar-refractivity contribution >= 4 is 21.7 Å². The van der Waals surface area contributed by atoms with Gasteiger partial charge in [0.1, 0.15) is 5.69 Å². The van der Waals surface area contributed by atoms with E-state index in [1.165, 1.54) is 24.3 Å². The molecule has 1 aromatic heterocycles. The number of benzene rings is 1. The number of alkyl halides is 4. The van der Waals surface area contributed by atoms with Gasteiger partial charge in [-0.25, -0.2) is 9.36 Å². The topological polar surface area (TPSA) is 61.1 Å². The van der Waals surface area contributed by atoms with Gasteiger partial charge in [-0.05, 0) is 12.1 Å². The van der Waals surface area contributed by atoms with E-state index >= 15 is 0 Å². The number of hydrogen-bond donors (Lipinski definition) is 0. The molecule has 0 saturated heterocycles. The highest BCUT2D eigenvalue weighted by molar-refractivity contribution is 9.09. The van der Waals surface area contributed by atoms with E-state index in [4.69, 9.17) is 0 Å². The standard InChI is InChI=1S/C14H10BrF3N2O3/c1-19-11(14(16,17)18)6-12(22)20(13(19)23)9-4-2-3-8(5-9)10(21)7-15/h2-6H,7H2,1H3. The normalized spacial score (nSPS) is 11.5. The van der Waals surface area contributed by atoms with Crippen molar-refractivity contribution in [3.8, 4) is 5.69 Å². The van der Waals surface area contributed by atoms with Crippen LogP contribution in [0.3, 0.4) is 0 Å². The molecule has 2 aromatic rings. The van der Waals surface area contributed by atoms with E-state index in [0.29, 0.717) is 15.2 Å². The van der Waals surface area contributed by atoms with Crippen LogP contribution in [0, 0.1) is 0 Å². The van der Waals surface area contributed by atoms with Gasteiger partial charge < -0.3 is 0 Å². The molecule has 9 heteroatoms. The first-order valence-corrected chi connectivity index (χ1v) is 7.39. The number of aromatic nitrogens is 2. The van der Waals surface area contributed by atoms with Crippen molar-refractivity contribution in [2.45, 2.75) is 6.18 Å². The Bertz CT molecular complexity index is 884. The zero-order valence-corrected chi connectivity index (χ0v) is 13.3. The Labute approximate surface area is 136 Å². The summed E-state index contributed by atoms with van der Waals surface area (Å²) >= 11 is 3.00. The summed E-state index contributed by atoms with van der Waals surface area (Å²) in [7, 11) is 0.925. The molecule has 0 N–H and O–H groups in total. The minimum Gasteiger partial charge on any atom is -0.293 e. The molecule has 0 bridgehead atoms. The third kappa shape index (κ3) is 3.29. The molecule has 0 unspecified atom stereocenters. The first kappa shape index (κ1) is 17.2. The van der Waals surface area contributed by atoms with Crippen molar-refractivity contribution in [3.05, 3.63) is 62.4 Å². The summed E-state index contributed by atoms with van der Waals surface area (Å²) in [6, 6.07) is 5.91. The molecule has 0 amide bonds. The average molecular weight is 391 g/mol. The number of hydrogen-bond acceptors (Lipinski definition) is 3. The highest BCUT2D eigenvalue weighted by Gasteiger charge is 2.35. The fraction of sp³-hybridized carbons (Fsp3) is 0.214. The van der Waals surface area contributed by atoms with Crippen molar-refractivity contribution in [2.75, 3.05) is 5.33 Å². The van der Waals surface area contributed by atoms with Crippen LogP contribution in [0.2, 0.25) is 0 Å². The summed E-state index contributed by atoms with van der Waals surface area (Å²) in [6.45, 7) is 0. The van der Waals surface area contributed by atoms with Gasteiger partial charge in [-0.3, -0.25) is 14.2 Å². The van der Waals surface area contributed by atoms with E-state index in [-0.39, 0.29) is 22.4 Å². The minimum atomic E-state index is -4.82. The molecular weight excluding hydrogens is 381 g/mol. The molecule has 0 spiro atoms. The number of rotatable bonds is 3. The lowest BCUT2D eigenvalue weighted by Crippen LogP contribution is -2.40. The number of nitrogens with zero attached hydrogens (tertiary/aromatic N) is 2. The Kier molecular flexibility index (Phi) is 4.60. The Morgan fingerprint density at radius 2 is 1.87 bits per heavy atom. The maximum atomic E-state index is 12.8. The molecule has 1 heterocycles. The first-order chi connectivity index (χ1) is 10.7. The van der Waals surface area contributed by atoms with Gasteiger partial charge in [-0.2, -0.15) is 13.2 Å². The number of ketones is 1. The van der Waals surface area contributed by atoms with Gasteiger partial charge in [-0.1, -0.05) is 28.1 Å².